The highest BCUT2D eigenvalue weighted by molar-refractivity contribution is 6.10. The summed E-state index contributed by atoms with van der Waals surface area (Å²) in [5, 5.41) is 0. The van der Waals surface area contributed by atoms with Crippen LogP contribution in [-0.4, -0.2) is 12.3 Å². The Morgan fingerprint density at radius 1 is 1.36 bits per heavy atom. The van der Waals surface area contributed by atoms with Gasteiger partial charge < -0.3 is 0 Å². The molecular weight excluding hydrogens is 170 g/mol. The highest BCUT2D eigenvalue weighted by Crippen LogP contribution is 2.21. The molecule has 0 spiro atoms. The Kier molecular flexibility index (Phi) is 2.97. The third-order valence-electron chi connectivity index (χ3n) is 2.83. The fourth-order valence-corrected chi connectivity index (χ4v) is 1.90. The van der Waals surface area contributed by atoms with E-state index in [1.165, 1.54) is 24.1 Å². The molecule has 0 aromatic rings. The van der Waals surface area contributed by atoms with Gasteiger partial charge in [0.2, 0.25) is 0 Å². The Balaban J connectivity index is 2.17. The highest BCUT2D eigenvalue weighted by atomic mass is 14.7. The molecule has 0 saturated carbocycles. The van der Waals surface area contributed by atoms with Crippen LogP contribution in [0.25, 0.3) is 0 Å². The summed E-state index contributed by atoms with van der Waals surface area (Å²) in [6.45, 7) is 3.20. The summed E-state index contributed by atoms with van der Waals surface area (Å²) >= 11 is 0. The minimum absolute atomic E-state index is 0.716. The van der Waals surface area contributed by atoms with Crippen molar-refractivity contribution in [3.63, 3.8) is 0 Å². The van der Waals surface area contributed by atoms with Gasteiger partial charge >= 0.3 is 0 Å². The summed E-state index contributed by atoms with van der Waals surface area (Å²) in [5.41, 5.74) is 2.49. The largest absolute Gasteiger partial charge is 0.284 e. The molecule has 0 aromatic heterocycles. The van der Waals surface area contributed by atoms with Crippen molar-refractivity contribution < 1.29 is 0 Å². The summed E-state index contributed by atoms with van der Waals surface area (Å²) in [5.74, 6) is 0.716. The molecule has 1 aliphatic carbocycles. The summed E-state index contributed by atoms with van der Waals surface area (Å²) in [7, 11) is 0. The van der Waals surface area contributed by atoms with Gasteiger partial charge in [-0.2, -0.15) is 0 Å². The molecule has 0 amide bonds. The summed E-state index contributed by atoms with van der Waals surface area (Å²) in [6.07, 6.45) is 14.7. The molecule has 74 valence electrons. The molecule has 0 fully saturated rings. The van der Waals surface area contributed by atoms with Crippen LogP contribution in [0.5, 0.6) is 0 Å². The number of aliphatic imine (C=N–C) groups is 1. The molecule has 1 heterocycles. The van der Waals surface area contributed by atoms with E-state index in [-0.39, 0.29) is 0 Å². The van der Waals surface area contributed by atoms with Gasteiger partial charge in [0.05, 0.1) is 5.71 Å². The quantitative estimate of drug-likeness (QED) is 0.629. The van der Waals surface area contributed by atoms with E-state index in [2.05, 4.69) is 42.3 Å². The lowest BCUT2D eigenvalue weighted by Gasteiger charge is -2.16. The van der Waals surface area contributed by atoms with Crippen LogP contribution >= 0.6 is 0 Å². The summed E-state index contributed by atoms with van der Waals surface area (Å²) in [4.78, 5) is 4.53. The lowest BCUT2D eigenvalue weighted by molar-refractivity contribution is 0.631. The first-order chi connectivity index (χ1) is 6.90. The van der Waals surface area contributed by atoms with Crippen LogP contribution in [0.2, 0.25) is 0 Å². The van der Waals surface area contributed by atoms with Gasteiger partial charge in [-0.15, -0.1) is 0 Å². The van der Waals surface area contributed by atoms with E-state index in [0.29, 0.717) is 5.92 Å². The Hall–Kier alpha value is -1.11. The van der Waals surface area contributed by atoms with Crippen LogP contribution in [0.15, 0.2) is 40.9 Å². The number of nitrogens with zero attached hydrogens (tertiary/aromatic N) is 1. The zero-order chi connectivity index (χ0) is 9.80. The predicted octanol–water partition coefficient (Wildman–Crippen LogP) is 3.30. The third kappa shape index (κ3) is 2.03. The molecule has 1 nitrogen and oxygen atoms in total. The van der Waals surface area contributed by atoms with E-state index in [1.54, 1.807) is 0 Å². The first kappa shape index (κ1) is 9.45. The topological polar surface area (TPSA) is 12.4 Å². The van der Waals surface area contributed by atoms with Gasteiger partial charge in [0.1, 0.15) is 0 Å². The molecule has 14 heavy (non-hydrogen) atoms. The smallest absolute Gasteiger partial charge is 0.0640 e. The zero-order valence-corrected chi connectivity index (χ0v) is 8.74. The Morgan fingerprint density at radius 2 is 2.29 bits per heavy atom. The minimum atomic E-state index is 0.716. The van der Waals surface area contributed by atoms with Crippen LogP contribution in [0, 0.1) is 5.92 Å². The highest BCUT2D eigenvalue weighted by Gasteiger charge is 2.10. The van der Waals surface area contributed by atoms with Crippen LogP contribution in [-0.2, 0) is 0 Å². The van der Waals surface area contributed by atoms with Crippen LogP contribution in [0.3, 0.4) is 0 Å². The molecule has 0 N–H and O–H groups in total. The normalized spacial score (nSPS) is 25.9. The molecule has 0 bridgehead atoms. The molecule has 2 aliphatic rings. The molecule has 0 aromatic carbocycles. The fourth-order valence-electron chi connectivity index (χ4n) is 1.90. The average Bonchev–Trinajstić information content (AvgIpc) is 2.30. The molecule has 2 rings (SSSR count). The molecule has 1 unspecified atom stereocenters. The van der Waals surface area contributed by atoms with Crippen LogP contribution < -0.4 is 0 Å². The molecule has 0 radical (unpaired) electrons. The van der Waals surface area contributed by atoms with E-state index in [0.717, 1.165) is 13.0 Å². The Morgan fingerprint density at radius 3 is 3.00 bits per heavy atom. The summed E-state index contributed by atoms with van der Waals surface area (Å²) < 4.78 is 0. The number of rotatable bonds is 2. The van der Waals surface area contributed by atoms with E-state index in [4.69, 9.17) is 0 Å². The lowest BCUT2D eigenvalue weighted by Crippen LogP contribution is -2.07. The maximum absolute atomic E-state index is 4.53. The number of dihydropyridines is 1. The van der Waals surface area contributed by atoms with Crippen LogP contribution in [0.4, 0.5) is 0 Å². The first-order valence-electron chi connectivity index (χ1n) is 5.50. The van der Waals surface area contributed by atoms with Gasteiger partial charge in [-0.05, 0) is 36.8 Å². The zero-order valence-electron chi connectivity index (χ0n) is 8.74. The van der Waals surface area contributed by atoms with Crippen molar-refractivity contribution in [1.29, 1.82) is 0 Å². The van der Waals surface area contributed by atoms with Gasteiger partial charge in [-0.1, -0.05) is 31.2 Å². The van der Waals surface area contributed by atoms with Gasteiger partial charge in [0.25, 0.3) is 0 Å². The molecular formula is C13H17N. The summed E-state index contributed by atoms with van der Waals surface area (Å²) in [6, 6.07) is 0. The number of allylic oxidation sites excluding steroid dienone is 5. The van der Waals surface area contributed by atoms with Crippen molar-refractivity contribution in [3.05, 3.63) is 36.0 Å². The van der Waals surface area contributed by atoms with E-state index >= 15 is 0 Å². The monoisotopic (exact) mass is 187 g/mol. The van der Waals surface area contributed by atoms with Crippen molar-refractivity contribution in [2.24, 2.45) is 10.9 Å². The van der Waals surface area contributed by atoms with Crippen molar-refractivity contribution in [3.8, 4) is 0 Å². The number of hydrogen-bond donors (Lipinski definition) is 0. The first-order valence-corrected chi connectivity index (χ1v) is 5.50. The molecule has 0 saturated heterocycles. The SMILES string of the molecule is CCC1C=C(C2=NCCC=C2)C=CC1. The molecule has 1 aliphatic heterocycles. The van der Waals surface area contributed by atoms with Crippen molar-refractivity contribution >= 4 is 5.71 Å². The van der Waals surface area contributed by atoms with Crippen molar-refractivity contribution in [2.75, 3.05) is 6.54 Å². The standard InChI is InChI=1S/C13H17N/c1-2-11-6-5-7-12(10-11)13-8-3-4-9-14-13/h3,5,7-8,10-11H,2,4,6,9H2,1H3. The lowest BCUT2D eigenvalue weighted by atomic mass is 9.91. The number of hydrogen-bond acceptors (Lipinski definition) is 1. The second-order valence-corrected chi connectivity index (χ2v) is 3.89. The second-order valence-electron chi connectivity index (χ2n) is 3.89. The van der Waals surface area contributed by atoms with Gasteiger partial charge in [-0.3, -0.25) is 4.99 Å². The molecule has 1 atom stereocenters. The third-order valence-corrected chi connectivity index (χ3v) is 2.83. The Labute approximate surface area is 85.9 Å². The van der Waals surface area contributed by atoms with Gasteiger partial charge in [0, 0.05) is 6.54 Å². The van der Waals surface area contributed by atoms with E-state index in [1.807, 2.05) is 0 Å². The van der Waals surface area contributed by atoms with E-state index in [9.17, 15) is 0 Å². The van der Waals surface area contributed by atoms with Gasteiger partial charge in [-0.25, -0.2) is 0 Å². The Bertz CT molecular complexity index is 318. The minimum Gasteiger partial charge on any atom is -0.284 e. The van der Waals surface area contributed by atoms with E-state index < -0.39 is 0 Å². The predicted molar refractivity (Wildman–Crippen MR) is 61.7 cm³/mol. The maximum atomic E-state index is 4.53. The average molecular weight is 187 g/mol. The fraction of sp³-hybridized carbons (Fsp3) is 0.462. The maximum Gasteiger partial charge on any atom is 0.0640 e. The molecule has 1 heteroatoms. The van der Waals surface area contributed by atoms with Gasteiger partial charge in [0.15, 0.2) is 0 Å². The van der Waals surface area contributed by atoms with Crippen LogP contribution in [0.1, 0.15) is 26.2 Å². The van der Waals surface area contributed by atoms with Crippen molar-refractivity contribution in [2.45, 2.75) is 26.2 Å². The van der Waals surface area contributed by atoms with Crippen molar-refractivity contribution in [1.82, 2.24) is 0 Å². The second kappa shape index (κ2) is 4.41.